The second-order valence-corrected chi connectivity index (χ2v) is 5.37. The first kappa shape index (κ1) is 12.9. The molecule has 0 unspecified atom stereocenters. The topological polar surface area (TPSA) is 46.3 Å². The van der Waals surface area contributed by atoms with Gasteiger partial charge in [-0.3, -0.25) is 9.69 Å². The van der Waals surface area contributed by atoms with Crippen LogP contribution in [0.25, 0.3) is 0 Å². The van der Waals surface area contributed by atoms with Crippen LogP contribution in [-0.4, -0.2) is 35.9 Å². The fourth-order valence-electron chi connectivity index (χ4n) is 3.06. The number of alkyl halides is 2. The summed E-state index contributed by atoms with van der Waals surface area (Å²) in [6.07, 6.45) is 5.48. The number of nitrogens with two attached hydrogens (primary N) is 1. The van der Waals surface area contributed by atoms with Crippen LogP contribution < -0.4 is 5.73 Å². The van der Waals surface area contributed by atoms with E-state index in [0.717, 1.165) is 32.1 Å². The number of hydrogen-bond acceptors (Lipinski definition) is 3. The Morgan fingerprint density at radius 1 is 1.29 bits per heavy atom. The van der Waals surface area contributed by atoms with Crippen LogP contribution in [0.2, 0.25) is 0 Å². The lowest BCUT2D eigenvalue weighted by molar-refractivity contribution is -0.123. The first-order valence-electron chi connectivity index (χ1n) is 6.36. The molecule has 0 radical (unpaired) electrons. The van der Waals surface area contributed by atoms with Gasteiger partial charge in [-0.1, -0.05) is 19.3 Å². The summed E-state index contributed by atoms with van der Waals surface area (Å²) < 4.78 is 26.4. The van der Waals surface area contributed by atoms with Crippen molar-refractivity contribution in [1.82, 2.24) is 4.90 Å². The Hall–Kier alpha value is -0.550. The highest BCUT2D eigenvalue weighted by Crippen LogP contribution is 2.37. The summed E-state index contributed by atoms with van der Waals surface area (Å²) >= 11 is 0. The third kappa shape index (κ3) is 2.50. The monoisotopic (exact) mass is 246 g/mol. The van der Waals surface area contributed by atoms with E-state index in [1.807, 2.05) is 0 Å². The SMILES string of the molecule is N[C@@](C=O)(C1CCCCC1)N1CCC(F)(F)C1. The number of carbonyl (C=O) groups excluding carboxylic acids is 1. The van der Waals surface area contributed by atoms with Crippen LogP contribution in [-0.2, 0) is 4.79 Å². The zero-order valence-electron chi connectivity index (χ0n) is 10.0. The summed E-state index contributed by atoms with van der Waals surface area (Å²) in [4.78, 5) is 12.8. The molecule has 0 amide bonds. The zero-order chi connectivity index (χ0) is 12.5. The van der Waals surface area contributed by atoms with Crippen molar-refractivity contribution in [3.63, 3.8) is 0 Å². The Balaban J connectivity index is 2.10. The van der Waals surface area contributed by atoms with Gasteiger partial charge in [-0.25, -0.2) is 8.78 Å². The maximum absolute atomic E-state index is 13.2. The van der Waals surface area contributed by atoms with Crippen LogP contribution in [0, 0.1) is 5.92 Å². The summed E-state index contributed by atoms with van der Waals surface area (Å²) in [6, 6.07) is 0. The maximum atomic E-state index is 13.2. The van der Waals surface area contributed by atoms with E-state index in [1.54, 1.807) is 0 Å². The average molecular weight is 246 g/mol. The minimum Gasteiger partial charge on any atom is -0.307 e. The number of hydrogen-bond donors (Lipinski definition) is 1. The Morgan fingerprint density at radius 3 is 2.41 bits per heavy atom. The molecule has 5 heteroatoms. The molecular formula is C12H20F2N2O. The van der Waals surface area contributed by atoms with Gasteiger partial charge >= 0.3 is 0 Å². The first-order valence-corrected chi connectivity index (χ1v) is 6.36. The van der Waals surface area contributed by atoms with E-state index in [0.29, 0.717) is 6.29 Å². The molecule has 0 aromatic carbocycles. The van der Waals surface area contributed by atoms with Gasteiger partial charge in [0.05, 0.1) is 6.54 Å². The van der Waals surface area contributed by atoms with E-state index in [-0.39, 0.29) is 25.4 Å². The van der Waals surface area contributed by atoms with E-state index in [9.17, 15) is 13.6 Å². The van der Waals surface area contributed by atoms with E-state index < -0.39 is 11.6 Å². The molecule has 1 heterocycles. The van der Waals surface area contributed by atoms with Crippen LogP contribution in [0.3, 0.4) is 0 Å². The van der Waals surface area contributed by atoms with E-state index in [1.165, 1.54) is 4.90 Å². The molecule has 0 aromatic rings. The van der Waals surface area contributed by atoms with Crippen LogP contribution in [0.5, 0.6) is 0 Å². The zero-order valence-corrected chi connectivity index (χ0v) is 10.0. The minimum atomic E-state index is -2.69. The Bertz CT molecular complexity index is 292. The molecule has 3 nitrogen and oxygen atoms in total. The predicted octanol–water partition coefficient (Wildman–Crippen LogP) is 1.76. The third-order valence-corrected chi connectivity index (χ3v) is 4.17. The fraction of sp³-hybridized carbons (Fsp3) is 0.917. The summed E-state index contributed by atoms with van der Waals surface area (Å²) in [7, 11) is 0. The van der Waals surface area contributed by atoms with Crippen molar-refractivity contribution in [2.24, 2.45) is 11.7 Å². The van der Waals surface area contributed by atoms with Gasteiger partial charge in [-0.2, -0.15) is 0 Å². The van der Waals surface area contributed by atoms with Gasteiger partial charge in [0.2, 0.25) is 0 Å². The van der Waals surface area contributed by atoms with Crippen molar-refractivity contribution in [3.05, 3.63) is 0 Å². The molecular weight excluding hydrogens is 226 g/mol. The largest absolute Gasteiger partial charge is 0.307 e. The highest BCUT2D eigenvalue weighted by atomic mass is 19.3. The van der Waals surface area contributed by atoms with Gasteiger partial charge in [-0.05, 0) is 18.8 Å². The normalized spacial score (nSPS) is 30.1. The Labute approximate surface area is 100 Å². The molecule has 17 heavy (non-hydrogen) atoms. The van der Waals surface area contributed by atoms with Gasteiger partial charge in [0.1, 0.15) is 5.66 Å². The lowest BCUT2D eigenvalue weighted by Crippen LogP contribution is -2.62. The Morgan fingerprint density at radius 2 is 1.94 bits per heavy atom. The number of aldehydes is 1. The lowest BCUT2D eigenvalue weighted by Gasteiger charge is -2.41. The molecule has 2 fully saturated rings. The second-order valence-electron chi connectivity index (χ2n) is 5.37. The van der Waals surface area contributed by atoms with Gasteiger partial charge in [0, 0.05) is 13.0 Å². The average Bonchev–Trinajstić information content (AvgIpc) is 2.70. The van der Waals surface area contributed by atoms with Gasteiger partial charge in [-0.15, -0.1) is 0 Å². The summed E-state index contributed by atoms with van der Waals surface area (Å²) in [5, 5.41) is 0. The quantitative estimate of drug-likeness (QED) is 0.772. The highest BCUT2D eigenvalue weighted by molar-refractivity contribution is 5.64. The van der Waals surface area contributed by atoms with E-state index in [2.05, 4.69) is 0 Å². The number of likely N-dealkylation sites (tertiary alicyclic amines) is 1. The molecule has 2 rings (SSSR count). The number of carbonyl (C=O) groups is 1. The molecule has 2 aliphatic rings. The summed E-state index contributed by atoms with van der Waals surface area (Å²) in [5.74, 6) is -2.66. The van der Waals surface area contributed by atoms with Crippen LogP contribution in [0.4, 0.5) is 8.78 Å². The first-order chi connectivity index (χ1) is 7.98. The van der Waals surface area contributed by atoms with Crippen molar-refractivity contribution in [3.8, 4) is 0 Å². The second kappa shape index (κ2) is 4.61. The van der Waals surface area contributed by atoms with Crippen molar-refractivity contribution in [1.29, 1.82) is 0 Å². The predicted molar refractivity (Wildman–Crippen MR) is 60.7 cm³/mol. The molecule has 1 saturated carbocycles. The molecule has 1 aliphatic heterocycles. The van der Waals surface area contributed by atoms with Crippen LogP contribution >= 0.6 is 0 Å². The minimum absolute atomic E-state index is 0.0302. The molecule has 1 saturated heterocycles. The standard InChI is InChI=1S/C12H20F2N2O/c13-11(14)6-7-16(8-11)12(15,9-17)10-4-2-1-3-5-10/h9-10H,1-8,15H2/t12-/m1/s1. The Kier molecular flexibility index (Phi) is 3.50. The molecule has 98 valence electrons. The van der Waals surface area contributed by atoms with Crippen LogP contribution in [0.15, 0.2) is 0 Å². The van der Waals surface area contributed by atoms with Crippen molar-refractivity contribution < 1.29 is 13.6 Å². The molecule has 0 aromatic heterocycles. The van der Waals surface area contributed by atoms with Crippen LogP contribution in [0.1, 0.15) is 38.5 Å². The number of nitrogens with zero attached hydrogens (tertiary/aromatic N) is 1. The summed E-state index contributed by atoms with van der Waals surface area (Å²) in [5.41, 5.74) is 4.94. The van der Waals surface area contributed by atoms with Gasteiger partial charge < -0.3 is 5.73 Å². The highest BCUT2D eigenvalue weighted by Gasteiger charge is 2.49. The molecule has 0 spiro atoms. The fourth-order valence-corrected chi connectivity index (χ4v) is 3.06. The molecule has 1 aliphatic carbocycles. The third-order valence-electron chi connectivity index (χ3n) is 4.17. The molecule has 2 N–H and O–H groups in total. The summed E-state index contributed by atoms with van der Waals surface area (Å²) in [6.45, 7) is -0.155. The van der Waals surface area contributed by atoms with Crippen molar-refractivity contribution in [2.75, 3.05) is 13.1 Å². The van der Waals surface area contributed by atoms with Crippen molar-refractivity contribution >= 4 is 6.29 Å². The molecule has 0 bridgehead atoms. The van der Waals surface area contributed by atoms with E-state index in [4.69, 9.17) is 5.73 Å². The van der Waals surface area contributed by atoms with E-state index >= 15 is 0 Å². The number of rotatable bonds is 3. The van der Waals surface area contributed by atoms with Gasteiger partial charge in [0.25, 0.3) is 5.92 Å². The number of halogens is 2. The smallest absolute Gasteiger partial charge is 0.261 e. The lowest BCUT2D eigenvalue weighted by atomic mass is 9.80. The molecule has 1 atom stereocenters. The van der Waals surface area contributed by atoms with Crippen molar-refractivity contribution in [2.45, 2.75) is 50.1 Å². The van der Waals surface area contributed by atoms with Gasteiger partial charge in [0.15, 0.2) is 6.29 Å². The maximum Gasteiger partial charge on any atom is 0.261 e.